The van der Waals surface area contributed by atoms with Gasteiger partial charge in [-0.3, -0.25) is 0 Å². The number of rotatable bonds is 3. The van der Waals surface area contributed by atoms with Gasteiger partial charge in [-0.15, -0.1) is 0 Å². The minimum Gasteiger partial charge on any atom is -0.444 e. The van der Waals surface area contributed by atoms with E-state index >= 15 is 0 Å². The zero-order valence-corrected chi connectivity index (χ0v) is 18.7. The molecule has 2 aromatic carbocycles. The molecule has 1 aliphatic rings. The van der Waals surface area contributed by atoms with Gasteiger partial charge in [-0.1, -0.05) is 29.8 Å². The summed E-state index contributed by atoms with van der Waals surface area (Å²) < 4.78 is 25.7. The average molecular weight is 445 g/mol. The number of halogens is 2. The summed E-state index contributed by atoms with van der Waals surface area (Å²) in [4.78, 5) is 18.7. The highest BCUT2D eigenvalue weighted by molar-refractivity contribution is 6.30. The highest BCUT2D eigenvalue weighted by atomic mass is 35.5. The first-order chi connectivity index (χ1) is 14.7. The lowest BCUT2D eigenvalue weighted by Gasteiger charge is -2.33. The normalized spacial score (nSPS) is 15.5. The summed E-state index contributed by atoms with van der Waals surface area (Å²) in [7, 11) is 0. The number of fused-ring (bicyclic) bond motifs is 1. The number of benzene rings is 2. The molecule has 1 aromatic heterocycles. The molecule has 0 spiro atoms. The zero-order chi connectivity index (χ0) is 22.2. The van der Waals surface area contributed by atoms with E-state index in [1.807, 2.05) is 39.0 Å². The Labute approximate surface area is 186 Å². The van der Waals surface area contributed by atoms with Gasteiger partial charge in [0, 0.05) is 23.7 Å². The molecule has 0 unspecified atom stereocenters. The van der Waals surface area contributed by atoms with Crippen molar-refractivity contribution >= 4 is 28.8 Å². The summed E-state index contributed by atoms with van der Waals surface area (Å²) in [5.74, 6) is 0.356. The minimum atomic E-state index is -0.501. The largest absolute Gasteiger partial charge is 0.444 e. The molecule has 2 heterocycles. The van der Waals surface area contributed by atoms with Crippen LogP contribution in [0.2, 0.25) is 5.02 Å². The maximum absolute atomic E-state index is 14.2. The molecule has 0 radical (unpaired) electrons. The number of amides is 1. The van der Waals surface area contributed by atoms with E-state index < -0.39 is 5.60 Å². The molecule has 1 amide bonds. The molecular weight excluding hydrogens is 419 g/mol. The fraction of sp³-hybridized carbons (Fsp3) is 0.417. The first-order valence-corrected chi connectivity index (χ1v) is 10.9. The Balaban J connectivity index is 1.50. The van der Waals surface area contributed by atoms with Crippen LogP contribution in [0.5, 0.6) is 0 Å². The smallest absolute Gasteiger partial charge is 0.410 e. The quantitative estimate of drug-likeness (QED) is 0.474. The predicted octanol–water partition coefficient (Wildman–Crippen LogP) is 6.33. The van der Waals surface area contributed by atoms with Gasteiger partial charge in [0.25, 0.3) is 0 Å². The molecule has 3 aromatic rings. The Hall–Kier alpha value is -2.60. The van der Waals surface area contributed by atoms with Crippen molar-refractivity contribution in [1.29, 1.82) is 0 Å². The number of oxazole rings is 1. The van der Waals surface area contributed by atoms with E-state index in [2.05, 4.69) is 4.98 Å². The van der Waals surface area contributed by atoms with Gasteiger partial charge in [0.1, 0.15) is 16.9 Å². The molecule has 1 fully saturated rings. The van der Waals surface area contributed by atoms with Crippen molar-refractivity contribution in [1.82, 2.24) is 9.88 Å². The highest BCUT2D eigenvalue weighted by Crippen LogP contribution is 2.34. The van der Waals surface area contributed by atoms with E-state index in [-0.39, 0.29) is 24.2 Å². The monoisotopic (exact) mass is 444 g/mol. The van der Waals surface area contributed by atoms with Crippen molar-refractivity contribution in [2.24, 2.45) is 0 Å². The lowest BCUT2D eigenvalue weighted by Crippen LogP contribution is -2.41. The lowest BCUT2D eigenvalue weighted by atomic mass is 9.89. The third kappa shape index (κ3) is 5.01. The molecule has 1 aliphatic heterocycles. The molecule has 0 N–H and O–H groups in total. The molecule has 0 aliphatic carbocycles. The number of nitrogens with zero attached hydrogens (tertiary/aromatic N) is 2. The molecule has 31 heavy (non-hydrogen) atoms. The Morgan fingerprint density at radius 3 is 2.68 bits per heavy atom. The molecule has 4 rings (SSSR count). The number of aromatic nitrogens is 1. The third-order valence-electron chi connectivity index (χ3n) is 5.43. The van der Waals surface area contributed by atoms with Crippen LogP contribution < -0.4 is 0 Å². The van der Waals surface area contributed by atoms with Crippen molar-refractivity contribution in [2.45, 2.75) is 51.6 Å². The summed E-state index contributed by atoms with van der Waals surface area (Å²) >= 11 is 5.84. The standard InChI is InChI=1S/C24H26ClFN2O3/c1-24(2,3)31-23(29)28-11-9-15(10-12-28)18-5-4-6-20-22(18)30-21(27-20)13-16-7-8-17(25)14-19(16)26/h4-8,14-15H,9-13H2,1-3H3. The second-order valence-corrected chi connectivity index (χ2v) is 9.39. The number of hydrogen-bond acceptors (Lipinski definition) is 4. The van der Waals surface area contributed by atoms with Gasteiger partial charge < -0.3 is 14.1 Å². The Morgan fingerprint density at radius 1 is 1.26 bits per heavy atom. The van der Waals surface area contributed by atoms with Gasteiger partial charge in [0.05, 0.1) is 6.42 Å². The summed E-state index contributed by atoms with van der Waals surface area (Å²) in [6.45, 7) is 6.88. The van der Waals surface area contributed by atoms with Crippen molar-refractivity contribution in [3.05, 3.63) is 64.3 Å². The van der Waals surface area contributed by atoms with Crippen LogP contribution in [0.4, 0.5) is 9.18 Å². The Morgan fingerprint density at radius 2 is 2.00 bits per heavy atom. The van der Waals surface area contributed by atoms with Crippen molar-refractivity contribution in [2.75, 3.05) is 13.1 Å². The van der Waals surface area contributed by atoms with Crippen LogP contribution in [0.3, 0.4) is 0 Å². The number of likely N-dealkylation sites (tertiary alicyclic amines) is 1. The first kappa shape index (κ1) is 21.6. The van der Waals surface area contributed by atoms with Gasteiger partial charge in [0.2, 0.25) is 0 Å². The van der Waals surface area contributed by atoms with Crippen LogP contribution in [-0.4, -0.2) is 34.7 Å². The Kier molecular flexibility index (Phi) is 5.93. The Bertz CT molecular complexity index is 1100. The van der Waals surface area contributed by atoms with E-state index in [1.54, 1.807) is 17.0 Å². The van der Waals surface area contributed by atoms with E-state index in [0.717, 1.165) is 29.5 Å². The number of piperidine rings is 1. The maximum Gasteiger partial charge on any atom is 0.410 e. The van der Waals surface area contributed by atoms with Crippen molar-refractivity contribution in [3.63, 3.8) is 0 Å². The fourth-order valence-electron chi connectivity index (χ4n) is 3.94. The second kappa shape index (κ2) is 8.50. The van der Waals surface area contributed by atoms with Crippen molar-refractivity contribution in [3.8, 4) is 0 Å². The molecule has 5 nitrogen and oxygen atoms in total. The van der Waals surface area contributed by atoms with Crippen LogP contribution in [0.1, 0.15) is 56.5 Å². The zero-order valence-electron chi connectivity index (χ0n) is 18.0. The van der Waals surface area contributed by atoms with Gasteiger partial charge >= 0.3 is 6.09 Å². The van der Waals surface area contributed by atoms with E-state index in [1.165, 1.54) is 6.07 Å². The number of hydrogen-bond donors (Lipinski definition) is 0. The topological polar surface area (TPSA) is 55.6 Å². The van der Waals surface area contributed by atoms with Crippen molar-refractivity contribution < 1.29 is 18.3 Å². The van der Waals surface area contributed by atoms with Gasteiger partial charge in [-0.2, -0.15) is 0 Å². The average Bonchev–Trinajstić information content (AvgIpc) is 3.11. The lowest BCUT2D eigenvalue weighted by molar-refractivity contribution is 0.0205. The molecule has 1 saturated heterocycles. The van der Waals surface area contributed by atoms with E-state index in [0.29, 0.717) is 29.6 Å². The van der Waals surface area contributed by atoms with Crippen LogP contribution in [0.25, 0.3) is 11.1 Å². The van der Waals surface area contributed by atoms with Crippen LogP contribution in [0, 0.1) is 5.82 Å². The summed E-state index contributed by atoms with van der Waals surface area (Å²) in [6, 6.07) is 10.5. The predicted molar refractivity (Wildman–Crippen MR) is 118 cm³/mol. The molecule has 164 valence electrons. The number of ether oxygens (including phenoxy) is 1. The number of carbonyl (C=O) groups excluding carboxylic acids is 1. The van der Waals surface area contributed by atoms with Gasteiger partial charge in [-0.25, -0.2) is 14.2 Å². The SMILES string of the molecule is CC(C)(C)OC(=O)N1CCC(c2cccc3nc(Cc4ccc(Cl)cc4F)oc23)CC1. The van der Waals surface area contributed by atoms with E-state index in [9.17, 15) is 9.18 Å². The second-order valence-electron chi connectivity index (χ2n) is 8.96. The summed E-state index contributed by atoms with van der Waals surface area (Å²) in [6.07, 6.45) is 1.63. The van der Waals surface area contributed by atoms with Crippen LogP contribution in [-0.2, 0) is 11.2 Å². The summed E-state index contributed by atoms with van der Waals surface area (Å²) in [5, 5.41) is 0.360. The summed E-state index contributed by atoms with van der Waals surface area (Å²) in [5.41, 5.74) is 2.57. The van der Waals surface area contributed by atoms with E-state index in [4.69, 9.17) is 20.8 Å². The number of para-hydroxylation sites is 1. The third-order valence-corrected chi connectivity index (χ3v) is 5.67. The van der Waals surface area contributed by atoms with Gasteiger partial charge in [-0.05, 0) is 63.3 Å². The molecule has 0 saturated carbocycles. The minimum absolute atomic E-state index is 0.258. The number of carbonyl (C=O) groups is 1. The van der Waals surface area contributed by atoms with Gasteiger partial charge in [0.15, 0.2) is 11.5 Å². The molecule has 0 atom stereocenters. The van der Waals surface area contributed by atoms with Crippen LogP contribution >= 0.6 is 11.6 Å². The molecular formula is C24H26ClFN2O3. The fourth-order valence-corrected chi connectivity index (χ4v) is 4.10. The first-order valence-electron chi connectivity index (χ1n) is 10.5. The highest BCUT2D eigenvalue weighted by Gasteiger charge is 2.29. The maximum atomic E-state index is 14.2. The molecule has 7 heteroatoms. The van der Waals surface area contributed by atoms with Crippen LogP contribution in [0.15, 0.2) is 40.8 Å². The molecule has 0 bridgehead atoms.